The molecule has 0 spiro atoms. The molecule has 0 unspecified atom stereocenters. The van der Waals surface area contributed by atoms with E-state index in [9.17, 15) is 24.3 Å². The number of Topliss-reactive ketones (excluding diaryl/α,β-unsaturated/α-hetero) is 1. The van der Waals surface area contributed by atoms with Gasteiger partial charge in [-0.3, -0.25) is 19.3 Å². The van der Waals surface area contributed by atoms with Crippen LogP contribution in [0.15, 0.2) is 23.9 Å². The Hall–Kier alpha value is -2.09. The smallest absolute Gasteiger partial charge is 0.352 e. The van der Waals surface area contributed by atoms with Gasteiger partial charge < -0.3 is 10.4 Å². The lowest BCUT2D eigenvalue weighted by molar-refractivity contribution is -0.156. The molecule has 0 aliphatic carbocycles. The molecule has 7 nitrogen and oxygen atoms in total. The van der Waals surface area contributed by atoms with Crippen LogP contribution in [0.1, 0.15) is 13.8 Å². The molecule has 2 atom stereocenters. The first-order valence-electron chi connectivity index (χ1n) is 6.14. The Morgan fingerprint density at radius 3 is 2.57 bits per heavy atom. The number of hydrogen-bond acceptors (Lipinski definition) is 5. The van der Waals surface area contributed by atoms with Crippen molar-refractivity contribution in [1.29, 1.82) is 0 Å². The number of hydrogen-bond donors (Lipinski definition) is 2. The number of β-lactam (4-membered cyclic amide) rings is 1. The number of likely N-dealkylation sites (tertiary alicyclic amines) is 1. The van der Waals surface area contributed by atoms with Gasteiger partial charge in [-0.05, 0) is 19.4 Å². The lowest BCUT2D eigenvalue weighted by Crippen LogP contribution is -2.75. The zero-order valence-corrected chi connectivity index (χ0v) is 12.3. The van der Waals surface area contributed by atoms with Crippen LogP contribution in [-0.4, -0.2) is 50.2 Å². The van der Waals surface area contributed by atoms with Gasteiger partial charge in [-0.15, -0.1) is 18.3 Å². The van der Waals surface area contributed by atoms with Crippen molar-refractivity contribution >= 4 is 35.3 Å². The minimum Gasteiger partial charge on any atom is -0.477 e. The third kappa shape index (κ3) is 1.90. The van der Waals surface area contributed by atoms with E-state index < -0.39 is 34.5 Å². The Morgan fingerprint density at radius 2 is 2.10 bits per heavy atom. The minimum absolute atomic E-state index is 0.266. The van der Waals surface area contributed by atoms with Crippen molar-refractivity contribution < 1.29 is 24.3 Å². The van der Waals surface area contributed by atoms with Gasteiger partial charge in [-0.2, -0.15) is 0 Å². The topological polar surface area (TPSA) is 104 Å². The molecule has 2 saturated heterocycles. The zero-order valence-electron chi connectivity index (χ0n) is 11.5. The van der Waals surface area contributed by atoms with Crippen LogP contribution in [0.2, 0.25) is 0 Å². The Morgan fingerprint density at radius 1 is 1.48 bits per heavy atom. The first-order chi connectivity index (χ1) is 9.78. The van der Waals surface area contributed by atoms with E-state index in [2.05, 4.69) is 11.9 Å². The predicted molar refractivity (Wildman–Crippen MR) is 75.2 cm³/mol. The second kappa shape index (κ2) is 5.03. The molecular weight excluding hydrogens is 296 g/mol. The summed E-state index contributed by atoms with van der Waals surface area (Å²) in [6.45, 7) is 6.60. The Kier molecular flexibility index (Phi) is 3.66. The van der Waals surface area contributed by atoms with Gasteiger partial charge in [-0.1, -0.05) is 6.08 Å². The van der Waals surface area contributed by atoms with Gasteiger partial charge in [0.05, 0.1) is 0 Å². The van der Waals surface area contributed by atoms with Gasteiger partial charge in [0.1, 0.15) is 5.70 Å². The van der Waals surface area contributed by atoms with Crippen molar-refractivity contribution in [3.8, 4) is 0 Å². The van der Waals surface area contributed by atoms with E-state index in [-0.39, 0.29) is 5.70 Å². The molecule has 2 amide bonds. The van der Waals surface area contributed by atoms with Gasteiger partial charge in [-0.25, -0.2) is 4.79 Å². The van der Waals surface area contributed by atoms with Crippen LogP contribution in [0, 0.1) is 0 Å². The fourth-order valence-corrected chi connectivity index (χ4v) is 3.72. The molecule has 2 fully saturated rings. The largest absolute Gasteiger partial charge is 0.477 e. The maximum Gasteiger partial charge on any atom is 0.352 e. The second-order valence-corrected chi connectivity index (χ2v) is 6.10. The molecule has 0 aromatic heterocycles. The molecule has 2 heterocycles. The Balaban J connectivity index is 2.55. The van der Waals surface area contributed by atoms with Crippen molar-refractivity contribution in [1.82, 2.24) is 10.2 Å². The maximum atomic E-state index is 12.2. The van der Waals surface area contributed by atoms with E-state index >= 15 is 0 Å². The van der Waals surface area contributed by atoms with Crippen LogP contribution in [-0.2, 0) is 19.2 Å². The molecule has 0 saturated carbocycles. The van der Waals surface area contributed by atoms with E-state index in [1.54, 1.807) is 0 Å². The van der Waals surface area contributed by atoms with Gasteiger partial charge in [0.2, 0.25) is 0 Å². The number of amides is 2. The quantitative estimate of drug-likeness (QED) is 0.318. The zero-order chi connectivity index (χ0) is 15.9. The van der Waals surface area contributed by atoms with Crippen molar-refractivity contribution in [3.63, 3.8) is 0 Å². The van der Waals surface area contributed by atoms with Gasteiger partial charge >= 0.3 is 5.97 Å². The number of ketones is 1. The highest BCUT2D eigenvalue weighted by molar-refractivity contribution is 8.01. The molecule has 2 N–H and O–H groups in total. The lowest BCUT2D eigenvalue weighted by atomic mass is 9.92. The molecule has 21 heavy (non-hydrogen) atoms. The van der Waals surface area contributed by atoms with Crippen molar-refractivity contribution in [2.75, 3.05) is 5.75 Å². The number of nitrogens with one attached hydrogen (secondary N) is 1. The van der Waals surface area contributed by atoms with Crippen LogP contribution >= 0.6 is 11.8 Å². The van der Waals surface area contributed by atoms with Crippen molar-refractivity contribution in [3.05, 3.63) is 23.9 Å². The highest BCUT2D eigenvalue weighted by atomic mass is 32.2. The first kappa shape index (κ1) is 15.3. The van der Waals surface area contributed by atoms with Crippen molar-refractivity contribution in [2.24, 2.45) is 0 Å². The summed E-state index contributed by atoms with van der Waals surface area (Å²) >= 11 is 1.02. The molecule has 0 aromatic rings. The number of rotatable bonds is 5. The fourth-order valence-electron chi connectivity index (χ4n) is 2.48. The van der Waals surface area contributed by atoms with Crippen LogP contribution in [0.3, 0.4) is 0 Å². The average Bonchev–Trinajstić information content (AvgIpc) is 2.63. The standard InChI is InChI=1S/C13H14N2O5S/c1-4-5-21-13-8(14-10(17)9(13)16)11(18)15(13)7(6(2)3)12(19)20/h4,8H,1,5H2,2-3H3,(H,14,17)(H,19,20)/t8-,13-/m0/s1. The lowest BCUT2D eigenvalue weighted by Gasteiger charge is -2.51. The van der Waals surface area contributed by atoms with Crippen LogP contribution in [0.4, 0.5) is 0 Å². The summed E-state index contributed by atoms with van der Waals surface area (Å²) in [5.41, 5.74) is 0.109. The summed E-state index contributed by atoms with van der Waals surface area (Å²) in [7, 11) is 0. The monoisotopic (exact) mass is 310 g/mol. The molecule has 0 radical (unpaired) electrons. The fraction of sp³-hybridized carbons (Fsp3) is 0.385. The van der Waals surface area contributed by atoms with Crippen molar-refractivity contribution in [2.45, 2.75) is 24.8 Å². The maximum absolute atomic E-state index is 12.2. The number of carbonyl (C=O) groups is 4. The van der Waals surface area contributed by atoms with E-state index in [1.807, 2.05) is 0 Å². The van der Waals surface area contributed by atoms with Gasteiger partial charge in [0.25, 0.3) is 17.6 Å². The normalized spacial score (nSPS) is 26.9. The number of aliphatic carboxylic acids is 1. The number of fused-ring (bicyclic) bond motifs is 1. The number of carboxylic acids is 1. The number of allylic oxidation sites excluding steroid dienone is 1. The van der Waals surface area contributed by atoms with Gasteiger partial charge in [0.15, 0.2) is 10.9 Å². The summed E-state index contributed by atoms with van der Waals surface area (Å²) in [5.74, 6) is -3.28. The second-order valence-electron chi connectivity index (χ2n) is 4.86. The van der Waals surface area contributed by atoms with Crippen LogP contribution in [0.5, 0.6) is 0 Å². The Bertz CT molecular complexity index is 608. The first-order valence-corrected chi connectivity index (χ1v) is 7.12. The van der Waals surface area contributed by atoms with E-state index in [1.165, 1.54) is 19.9 Å². The molecule has 0 bridgehead atoms. The predicted octanol–water partition coefficient (Wildman–Crippen LogP) is -0.110. The summed E-state index contributed by atoms with van der Waals surface area (Å²) in [6.07, 6.45) is 1.52. The third-order valence-electron chi connectivity index (χ3n) is 3.32. The molecule has 2 aliphatic heterocycles. The average molecular weight is 310 g/mol. The number of thioether (sulfide) groups is 1. The van der Waals surface area contributed by atoms with Gasteiger partial charge in [0, 0.05) is 5.75 Å². The SMILES string of the molecule is C=CCS[C@]12C(=O)C(=O)N[C@H]1C(=O)N2C(C(=O)O)=C(C)C. The molecular formula is C13H14N2O5S. The van der Waals surface area contributed by atoms with E-state index in [4.69, 9.17) is 0 Å². The molecule has 2 aliphatic rings. The van der Waals surface area contributed by atoms with E-state index in [0.29, 0.717) is 11.3 Å². The highest BCUT2D eigenvalue weighted by Gasteiger charge is 2.73. The number of nitrogens with zero attached hydrogens (tertiary/aromatic N) is 1. The number of carboxylic acid groups (broad SMARTS) is 1. The van der Waals surface area contributed by atoms with E-state index in [0.717, 1.165) is 16.7 Å². The minimum atomic E-state index is -1.52. The number of carbonyl (C=O) groups excluding carboxylic acids is 3. The highest BCUT2D eigenvalue weighted by Crippen LogP contribution is 2.48. The summed E-state index contributed by atoms with van der Waals surface area (Å²) in [6, 6.07) is -1.02. The Labute approximate surface area is 125 Å². The summed E-state index contributed by atoms with van der Waals surface area (Å²) < 4.78 is 0. The summed E-state index contributed by atoms with van der Waals surface area (Å²) in [5, 5.41) is 11.6. The molecule has 2 rings (SSSR count). The molecule has 8 heteroatoms. The third-order valence-corrected chi connectivity index (χ3v) is 4.76. The molecule has 0 aromatic carbocycles. The summed E-state index contributed by atoms with van der Waals surface area (Å²) in [4.78, 5) is 46.8. The molecule has 112 valence electrons. The van der Waals surface area contributed by atoms with Crippen LogP contribution < -0.4 is 5.32 Å². The van der Waals surface area contributed by atoms with Crippen LogP contribution in [0.25, 0.3) is 0 Å².